The van der Waals surface area contributed by atoms with Crippen molar-refractivity contribution in [2.45, 2.75) is 45.3 Å². The molecule has 0 radical (unpaired) electrons. The minimum atomic E-state index is -0.462. The Morgan fingerprint density at radius 2 is 1.91 bits per heavy atom. The zero-order valence-corrected chi connectivity index (χ0v) is 14.3. The molecule has 1 aliphatic carbocycles. The zero-order chi connectivity index (χ0) is 16.2. The van der Waals surface area contributed by atoms with E-state index in [1.54, 1.807) is 0 Å². The first-order valence-electron chi connectivity index (χ1n) is 8.50. The minimum absolute atomic E-state index is 0.190. The molecular formula is C16H32N4O2. The molecule has 6 nitrogen and oxygen atoms in total. The highest BCUT2D eigenvalue weighted by molar-refractivity contribution is 5.67. The van der Waals surface area contributed by atoms with Gasteiger partial charge in [-0.3, -0.25) is 4.90 Å². The number of piperazine rings is 1. The number of carbonyl (C=O) groups is 1. The molecule has 1 heterocycles. The summed E-state index contributed by atoms with van der Waals surface area (Å²) >= 11 is 0. The number of ether oxygens (including phenoxy) is 1. The highest BCUT2D eigenvalue weighted by Gasteiger charge is 2.28. The third-order valence-corrected chi connectivity index (χ3v) is 4.29. The molecule has 0 aromatic carbocycles. The second kappa shape index (κ2) is 7.62. The van der Waals surface area contributed by atoms with Crippen LogP contribution in [0.2, 0.25) is 0 Å². The molecule has 2 aliphatic rings. The SMILES string of the molecule is CC(C)(C)OC(=O)NCC(CN)N1CCN(CC2CC2)CC1. The Bertz CT molecular complexity index is 358. The van der Waals surface area contributed by atoms with Gasteiger partial charge >= 0.3 is 6.09 Å². The summed E-state index contributed by atoms with van der Waals surface area (Å²) in [6, 6.07) is 0.190. The average Bonchev–Trinajstić information content (AvgIpc) is 3.23. The maximum Gasteiger partial charge on any atom is 0.407 e. The van der Waals surface area contributed by atoms with Crippen molar-refractivity contribution in [3.8, 4) is 0 Å². The number of nitrogens with one attached hydrogen (secondary N) is 1. The Morgan fingerprint density at radius 3 is 2.41 bits per heavy atom. The fourth-order valence-corrected chi connectivity index (χ4v) is 2.85. The van der Waals surface area contributed by atoms with Gasteiger partial charge in [-0.05, 0) is 39.5 Å². The number of rotatable bonds is 6. The van der Waals surface area contributed by atoms with E-state index in [1.807, 2.05) is 20.8 Å². The van der Waals surface area contributed by atoms with E-state index in [1.165, 1.54) is 19.4 Å². The van der Waals surface area contributed by atoms with Crippen molar-refractivity contribution >= 4 is 6.09 Å². The Hall–Kier alpha value is -0.850. The lowest BCUT2D eigenvalue weighted by Gasteiger charge is -2.39. The summed E-state index contributed by atoms with van der Waals surface area (Å²) in [7, 11) is 0. The van der Waals surface area contributed by atoms with Crippen LogP contribution >= 0.6 is 0 Å². The largest absolute Gasteiger partial charge is 0.444 e. The second-order valence-electron chi connectivity index (χ2n) is 7.55. The lowest BCUT2D eigenvalue weighted by Crippen LogP contribution is -2.56. The van der Waals surface area contributed by atoms with E-state index in [0.29, 0.717) is 13.1 Å². The van der Waals surface area contributed by atoms with Crippen LogP contribution in [-0.2, 0) is 4.74 Å². The fourth-order valence-electron chi connectivity index (χ4n) is 2.85. The first-order valence-corrected chi connectivity index (χ1v) is 8.50. The average molecular weight is 312 g/mol. The number of carbonyl (C=O) groups excluding carboxylic acids is 1. The van der Waals surface area contributed by atoms with Crippen LogP contribution in [0.15, 0.2) is 0 Å². The van der Waals surface area contributed by atoms with Gasteiger partial charge in [-0.2, -0.15) is 0 Å². The standard InChI is InChI=1S/C16H32N4O2/c1-16(2,3)22-15(21)18-11-14(10-17)20-8-6-19(7-9-20)12-13-4-5-13/h13-14H,4-12,17H2,1-3H3,(H,18,21). The van der Waals surface area contributed by atoms with Gasteiger partial charge in [-0.1, -0.05) is 0 Å². The molecule has 128 valence electrons. The number of alkyl carbamates (subject to hydrolysis) is 1. The van der Waals surface area contributed by atoms with Gasteiger partial charge in [0.05, 0.1) is 0 Å². The normalized spacial score (nSPS) is 22.4. The smallest absolute Gasteiger partial charge is 0.407 e. The Balaban J connectivity index is 1.69. The third-order valence-electron chi connectivity index (χ3n) is 4.29. The van der Waals surface area contributed by atoms with Gasteiger partial charge in [-0.25, -0.2) is 4.79 Å². The first kappa shape index (κ1) is 17.5. The molecule has 6 heteroatoms. The quantitative estimate of drug-likeness (QED) is 0.761. The lowest BCUT2D eigenvalue weighted by atomic mass is 10.2. The van der Waals surface area contributed by atoms with Gasteiger partial charge in [0, 0.05) is 51.9 Å². The van der Waals surface area contributed by atoms with E-state index in [4.69, 9.17) is 10.5 Å². The van der Waals surface area contributed by atoms with Gasteiger partial charge in [0.1, 0.15) is 5.60 Å². The van der Waals surface area contributed by atoms with Crippen molar-refractivity contribution in [3.05, 3.63) is 0 Å². The molecule has 2 rings (SSSR count). The van der Waals surface area contributed by atoms with Crippen LogP contribution in [0, 0.1) is 5.92 Å². The van der Waals surface area contributed by atoms with Crippen molar-refractivity contribution in [1.29, 1.82) is 0 Å². The molecule has 22 heavy (non-hydrogen) atoms. The van der Waals surface area contributed by atoms with Crippen molar-refractivity contribution < 1.29 is 9.53 Å². The fraction of sp³-hybridized carbons (Fsp3) is 0.938. The van der Waals surface area contributed by atoms with E-state index in [9.17, 15) is 4.79 Å². The molecule has 1 aliphatic heterocycles. The van der Waals surface area contributed by atoms with Crippen LogP contribution in [0.4, 0.5) is 4.79 Å². The molecule has 1 saturated carbocycles. The van der Waals surface area contributed by atoms with Crippen LogP contribution in [0.25, 0.3) is 0 Å². The summed E-state index contributed by atoms with van der Waals surface area (Å²) in [5.41, 5.74) is 5.43. The van der Waals surface area contributed by atoms with Crippen LogP contribution in [0.1, 0.15) is 33.6 Å². The topological polar surface area (TPSA) is 70.8 Å². The molecule has 0 aromatic heterocycles. The molecule has 0 bridgehead atoms. The highest BCUT2D eigenvalue weighted by atomic mass is 16.6. The van der Waals surface area contributed by atoms with E-state index in [-0.39, 0.29) is 12.1 Å². The summed E-state index contributed by atoms with van der Waals surface area (Å²) in [5, 5.41) is 2.84. The number of nitrogens with two attached hydrogens (primary N) is 1. The van der Waals surface area contributed by atoms with Crippen molar-refractivity contribution in [2.24, 2.45) is 11.7 Å². The molecule has 0 aromatic rings. The number of hydrogen-bond acceptors (Lipinski definition) is 5. The van der Waals surface area contributed by atoms with Crippen LogP contribution in [-0.4, -0.2) is 73.3 Å². The second-order valence-corrected chi connectivity index (χ2v) is 7.55. The maximum atomic E-state index is 11.7. The Labute approximate surface area is 134 Å². The van der Waals surface area contributed by atoms with Gasteiger partial charge in [-0.15, -0.1) is 0 Å². The predicted octanol–water partition coefficient (Wildman–Crippen LogP) is 0.866. The molecule has 1 atom stereocenters. The van der Waals surface area contributed by atoms with Gasteiger partial charge in [0.15, 0.2) is 0 Å². The summed E-state index contributed by atoms with van der Waals surface area (Å²) < 4.78 is 5.27. The molecular weight excluding hydrogens is 280 g/mol. The summed E-state index contributed by atoms with van der Waals surface area (Å²) in [4.78, 5) is 16.7. The molecule has 2 fully saturated rings. The van der Waals surface area contributed by atoms with Crippen LogP contribution in [0.5, 0.6) is 0 Å². The zero-order valence-electron chi connectivity index (χ0n) is 14.3. The van der Waals surface area contributed by atoms with Crippen LogP contribution < -0.4 is 11.1 Å². The highest BCUT2D eigenvalue weighted by Crippen LogP contribution is 2.29. The van der Waals surface area contributed by atoms with Gasteiger partial charge in [0.2, 0.25) is 0 Å². The Morgan fingerprint density at radius 1 is 1.27 bits per heavy atom. The number of nitrogens with zero attached hydrogens (tertiary/aromatic N) is 2. The Kier molecular flexibility index (Phi) is 6.06. The van der Waals surface area contributed by atoms with E-state index in [2.05, 4.69) is 15.1 Å². The van der Waals surface area contributed by atoms with E-state index >= 15 is 0 Å². The number of hydrogen-bond donors (Lipinski definition) is 2. The van der Waals surface area contributed by atoms with Crippen LogP contribution in [0.3, 0.4) is 0 Å². The summed E-state index contributed by atoms with van der Waals surface area (Å²) in [5.74, 6) is 0.950. The van der Waals surface area contributed by atoms with Crippen molar-refractivity contribution in [1.82, 2.24) is 15.1 Å². The van der Waals surface area contributed by atoms with Crippen molar-refractivity contribution in [3.63, 3.8) is 0 Å². The number of amides is 1. The molecule has 1 saturated heterocycles. The van der Waals surface area contributed by atoms with E-state index in [0.717, 1.165) is 32.1 Å². The van der Waals surface area contributed by atoms with Gasteiger partial charge < -0.3 is 20.7 Å². The molecule has 3 N–H and O–H groups in total. The van der Waals surface area contributed by atoms with Gasteiger partial charge in [0.25, 0.3) is 0 Å². The maximum absolute atomic E-state index is 11.7. The molecule has 1 unspecified atom stereocenters. The van der Waals surface area contributed by atoms with Crippen molar-refractivity contribution in [2.75, 3.05) is 45.8 Å². The first-order chi connectivity index (χ1) is 10.4. The third kappa shape index (κ3) is 6.10. The predicted molar refractivity (Wildman–Crippen MR) is 87.8 cm³/mol. The summed E-state index contributed by atoms with van der Waals surface area (Å²) in [6.07, 6.45) is 2.45. The van der Waals surface area contributed by atoms with E-state index < -0.39 is 5.60 Å². The lowest BCUT2D eigenvalue weighted by molar-refractivity contribution is 0.0486. The minimum Gasteiger partial charge on any atom is -0.444 e. The summed E-state index contributed by atoms with van der Waals surface area (Å²) in [6.45, 7) is 12.3. The molecule has 1 amide bonds. The molecule has 0 spiro atoms. The monoisotopic (exact) mass is 312 g/mol.